The van der Waals surface area contributed by atoms with Gasteiger partial charge in [-0.2, -0.15) is 0 Å². The lowest BCUT2D eigenvalue weighted by atomic mass is 9.91. The van der Waals surface area contributed by atoms with Crippen LogP contribution in [-0.2, 0) is 14.3 Å². The van der Waals surface area contributed by atoms with Crippen LogP contribution in [0.2, 0.25) is 0 Å². The molecule has 2 aliphatic rings. The number of hydrogen-bond donors (Lipinski definition) is 2. The fraction of sp³-hybridized carbons (Fsp3) is 0.556. The summed E-state index contributed by atoms with van der Waals surface area (Å²) >= 11 is 0. The van der Waals surface area contributed by atoms with Crippen molar-refractivity contribution in [2.45, 2.75) is 44.3 Å². The minimum atomic E-state index is -0.581. The second-order valence-electron chi connectivity index (χ2n) is 6.67. The van der Waals surface area contributed by atoms with Crippen molar-refractivity contribution in [1.82, 2.24) is 5.32 Å². The molecule has 2 saturated heterocycles. The summed E-state index contributed by atoms with van der Waals surface area (Å²) in [6.07, 6.45) is 2.18. The van der Waals surface area contributed by atoms with Crippen molar-refractivity contribution in [3.63, 3.8) is 0 Å². The molecule has 2 aliphatic heterocycles. The number of rotatable bonds is 4. The molecule has 3 atom stereocenters. The van der Waals surface area contributed by atoms with Crippen LogP contribution < -0.4 is 16.0 Å². The van der Waals surface area contributed by atoms with Gasteiger partial charge in [-0.3, -0.25) is 9.59 Å². The first-order chi connectivity index (χ1) is 11.6. The van der Waals surface area contributed by atoms with Crippen molar-refractivity contribution in [2.24, 2.45) is 11.7 Å². The van der Waals surface area contributed by atoms with Crippen LogP contribution in [0.5, 0.6) is 0 Å². The summed E-state index contributed by atoms with van der Waals surface area (Å²) in [7, 11) is 0. The Kier molecular flexibility index (Phi) is 6.81. The third kappa shape index (κ3) is 4.32. The quantitative estimate of drug-likeness (QED) is 0.844. The van der Waals surface area contributed by atoms with E-state index in [1.54, 1.807) is 4.90 Å². The molecule has 138 valence electrons. The molecule has 7 heteroatoms. The van der Waals surface area contributed by atoms with Gasteiger partial charge in [0.05, 0.1) is 6.04 Å². The van der Waals surface area contributed by atoms with Crippen molar-refractivity contribution < 1.29 is 14.3 Å². The molecule has 2 heterocycles. The van der Waals surface area contributed by atoms with Crippen molar-refractivity contribution in [3.8, 4) is 0 Å². The van der Waals surface area contributed by atoms with E-state index in [1.807, 2.05) is 37.3 Å². The lowest BCUT2D eigenvalue weighted by molar-refractivity contribution is -0.128. The molecule has 0 aromatic heterocycles. The van der Waals surface area contributed by atoms with E-state index in [9.17, 15) is 9.59 Å². The van der Waals surface area contributed by atoms with E-state index in [0.29, 0.717) is 19.6 Å². The molecule has 0 bridgehead atoms. The normalized spacial score (nSPS) is 25.4. The number of para-hydroxylation sites is 1. The van der Waals surface area contributed by atoms with Crippen LogP contribution in [0.3, 0.4) is 0 Å². The molecule has 25 heavy (non-hydrogen) atoms. The van der Waals surface area contributed by atoms with Crippen LogP contribution in [0.15, 0.2) is 30.3 Å². The number of hydrogen-bond acceptors (Lipinski definition) is 4. The first-order valence-electron chi connectivity index (χ1n) is 8.59. The molecular weight excluding hydrogens is 342 g/mol. The predicted octanol–water partition coefficient (Wildman–Crippen LogP) is 1.47. The van der Waals surface area contributed by atoms with Gasteiger partial charge in [0, 0.05) is 24.9 Å². The topological polar surface area (TPSA) is 84.7 Å². The fourth-order valence-electron chi connectivity index (χ4n) is 3.58. The Hall–Kier alpha value is -1.63. The Balaban J connectivity index is 0.00000225. The summed E-state index contributed by atoms with van der Waals surface area (Å²) in [4.78, 5) is 26.9. The summed E-state index contributed by atoms with van der Waals surface area (Å²) in [6, 6.07) is 8.51. The number of carbonyl (C=O) groups is 2. The third-order valence-corrected chi connectivity index (χ3v) is 4.98. The molecule has 0 radical (unpaired) electrons. The van der Waals surface area contributed by atoms with Crippen LogP contribution in [0.25, 0.3) is 0 Å². The first kappa shape index (κ1) is 19.7. The molecule has 3 unspecified atom stereocenters. The van der Waals surface area contributed by atoms with E-state index in [-0.39, 0.29) is 36.2 Å². The van der Waals surface area contributed by atoms with Gasteiger partial charge in [-0.15, -0.1) is 12.4 Å². The zero-order valence-electron chi connectivity index (χ0n) is 14.4. The zero-order valence-corrected chi connectivity index (χ0v) is 15.2. The Morgan fingerprint density at radius 1 is 1.28 bits per heavy atom. The highest BCUT2D eigenvalue weighted by atomic mass is 35.5. The molecule has 3 rings (SSSR count). The number of nitrogens with zero attached hydrogens (tertiary/aromatic N) is 1. The van der Waals surface area contributed by atoms with Gasteiger partial charge < -0.3 is 20.7 Å². The van der Waals surface area contributed by atoms with Gasteiger partial charge in [-0.05, 0) is 44.2 Å². The van der Waals surface area contributed by atoms with Crippen molar-refractivity contribution in [2.75, 3.05) is 18.1 Å². The predicted molar refractivity (Wildman–Crippen MR) is 98.7 cm³/mol. The molecule has 6 nitrogen and oxygen atoms in total. The second kappa shape index (κ2) is 8.65. The van der Waals surface area contributed by atoms with Gasteiger partial charge in [-0.1, -0.05) is 18.2 Å². The van der Waals surface area contributed by atoms with E-state index in [2.05, 4.69) is 5.32 Å². The molecule has 0 spiro atoms. The number of amides is 2. The van der Waals surface area contributed by atoms with Gasteiger partial charge >= 0.3 is 0 Å². The van der Waals surface area contributed by atoms with Crippen molar-refractivity contribution >= 4 is 29.9 Å². The van der Waals surface area contributed by atoms with Gasteiger partial charge in [0.15, 0.2) is 0 Å². The minimum absolute atomic E-state index is 0. The lowest BCUT2D eigenvalue weighted by Crippen LogP contribution is -2.51. The summed E-state index contributed by atoms with van der Waals surface area (Å²) in [5.74, 6) is -0.179. The third-order valence-electron chi connectivity index (χ3n) is 4.98. The minimum Gasteiger partial charge on any atom is -0.381 e. The van der Waals surface area contributed by atoms with Gasteiger partial charge in [0.25, 0.3) is 0 Å². The van der Waals surface area contributed by atoms with Crippen LogP contribution in [0, 0.1) is 5.92 Å². The SMILES string of the molecule is CC1CC(NC(=O)C(N)C2CCOCC2)C(=O)N1c1ccccc1.Cl. The van der Waals surface area contributed by atoms with Crippen LogP contribution in [0.1, 0.15) is 26.2 Å². The number of nitrogens with one attached hydrogen (secondary N) is 1. The summed E-state index contributed by atoms with van der Waals surface area (Å²) in [5.41, 5.74) is 6.96. The Morgan fingerprint density at radius 2 is 1.92 bits per heavy atom. The summed E-state index contributed by atoms with van der Waals surface area (Å²) in [6.45, 7) is 3.29. The monoisotopic (exact) mass is 367 g/mol. The molecule has 3 N–H and O–H groups in total. The maximum absolute atomic E-state index is 12.7. The molecule has 0 saturated carbocycles. The van der Waals surface area contributed by atoms with Crippen molar-refractivity contribution in [1.29, 1.82) is 0 Å². The number of carbonyl (C=O) groups excluding carboxylic acids is 2. The highest BCUT2D eigenvalue weighted by molar-refractivity contribution is 6.02. The van der Waals surface area contributed by atoms with Crippen LogP contribution in [0.4, 0.5) is 5.69 Å². The average Bonchev–Trinajstić information content (AvgIpc) is 2.89. The van der Waals surface area contributed by atoms with E-state index >= 15 is 0 Å². The first-order valence-corrected chi connectivity index (χ1v) is 8.59. The molecule has 2 amide bonds. The highest BCUT2D eigenvalue weighted by Crippen LogP contribution is 2.27. The Labute approximate surface area is 154 Å². The average molecular weight is 368 g/mol. The van der Waals surface area contributed by atoms with E-state index in [1.165, 1.54) is 0 Å². The zero-order chi connectivity index (χ0) is 17.1. The Morgan fingerprint density at radius 3 is 2.56 bits per heavy atom. The van der Waals surface area contributed by atoms with Gasteiger partial charge in [0.1, 0.15) is 6.04 Å². The molecule has 1 aromatic carbocycles. The number of nitrogens with two attached hydrogens (primary N) is 1. The fourth-order valence-corrected chi connectivity index (χ4v) is 3.58. The number of halogens is 1. The number of ether oxygens (including phenoxy) is 1. The molecular formula is C18H26ClN3O3. The highest BCUT2D eigenvalue weighted by Gasteiger charge is 2.40. The van der Waals surface area contributed by atoms with E-state index < -0.39 is 12.1 Å². The maximum atomic E-state index is 12.7. The summed E-state index contributed by atoms with van der Waals surface area (Å²) < 4.78 is 5.31. The Bertz CT molecular complexity index is 592. The molecule has 0 aliphatic carbocycles. The van der Waals surface area contributed by atoms with Gasteiger partial charge in [-0.25, -0.2) is 0 Å². The van der Waals surface area contributed by atoms with Crippen LogP contribution >= 0.6 is 12.4 Å². The maximum Gasteiger partial charge on any atom is 0.249 e. The van der Waals surface area contributed by atoms with Crippen molar-refractivity contribution in [3.05, 3.63) is 30.3 Å². The molecule has 2 fully saturated rings. The van der Waals surface area contributed by atoms with Crippen LogP contribution in [-0.4, -0.2) is 43.2 Å². The number of benzene rings is 1. The number of anilines is 1. The van der Waals surface area contributed by atoms with Gasteiger partial charge in [0.2, 0.25) is 11.8 Å². The molecule has 1 aromatic rings. The lowest BCUT2D eigenvalue weighted by Gasteiger charge is -2.27. The van der Waals surface area contributed by atoms with E-state index in [0.717, 1.165) is 18.5 Å². The smallest absolute Gasteiger partial charge is 0.249 e. The van der Waals surface area contributed by atoms with E-state index in [4.69, 9.17) is 10.5 Å². The second-order valence-corrected chi connectivity index (χ2v) is 6.67. The standard InChI is InChI=1S/C18H25N3O3.ClH/c1-12-11-15(18(23)21(12)14-5-3-2-4-6-14)20-17(22)16(19)13-7-9-24-10-8-13;/h2-6,12-13,15-16H,7-11,19H2,1H3,(H,20,22);1H. The largest absolute Gasteiger partial charge is 0.381 e. The summed E-state index contributed by atoms with van der Waals surface area (Å²) in [5, 5.41) is 2.86.